The molecule has 0 saturated carbocycles. The van der Waals surface area contributed by atoms with Gasteiger partial charge in [-0.25, -0.2) is 4.79 Å². The van der Waals surface area contributed by atoms with Crippen LogP contribution in [0.1, 0.15) is 39.9 Å². The third-order valence-electron chi connectivity index (χ3n) is 8.33. The number of likely N-dealkylation sites (N-methyl/N-ethyl adjacent to an activating group) is 1. The highest BCUT2D eigenvalue weighted by atomic mass is 16.5. The zero-order chi connectivity index (χ0) is 29.4. The fourth-order valence-electron chi connectivity index (χ4n) is 5.96. The summed E-state index contributed by atoms with van der Waals surface area (Å²) in [5.41, 5.74) is 6.50. The zero-order valence-corrected chi connectivity index (χ0v) is 24.1. The summed E-state index contributed by atoms with van der Waals surface area (Å²) in [5.74, 6) is -0.412. The van der Waals surface area contributed by atoms with Crippen LogP contribution in [0.2, 0.25) is 0 Å². The van der Waals surface area contributed by atoms with E-state index in [1.807, 2.05) is 47.4 Å². The number of amides is 2. The minimum Gasteiger partial charge on any atom is -0.465 e. The maximum Gasteiger partial charge on any atom is 0.337 e. The van der Waals surface area contributed by atoms with Crippen molar-refractivity contribution in [1.82, 2.24) is 9.80 Å². The van der Waals surface area contributed by atoms with Gasteiger partial charge in [0.2, 0.25) is 5.91 Å². The van der Waals surface area contributed by atoms with E-state index < -0.39 is 5.97 Å². The first kappa shape index (κ1) is 27.7. The van der Waals surface area contributed by atoms with Crippen LogP contribution in [0.15, 0.2) is 66.7 Å². The third-order valence-corrected chi connectivity index (χ3v) is 8.33. The van der Waals surface area contributed by atoms with E-state index in [1.54, 1.807) is 18.2 Å². The number of carbonyl (C=O) groups is 3. The lowest BCUT2D eigenvalue weighted by Gasteiger charge is -2.32. The lowest BCUT2D eigenvalue weighted by atomic mass is 9.98. The van der Waals surface area contributed by atoms with Crippen molar-refractivity contribution in [2.75, 3.05) is 69.0 Å². The molecular weight excluding hydrogens is 530 g/mol. The minimum atomic E-state index is -0.464. The number of nitrogens with zero attached hydrogens (tertiary/aromatic N) is 3. The highest BCUT2D eigenvalue weighted by Gasteiger charge is 2.32. The van der Waals surface area contributed by atoms with Crippen LogP contribution in [-0.2, 0) is 14.3 Å². The molecule has 0 aromatic heterocycles. The van der Waals surface area contributed by atoms with Crippen LogP contribution in [0.25, 0.3) is 11.3 Å². The lowest BCUT2D eigenvalue weighted by Crippen LogP contribution is -2.48. The molecule has 6 rings (SSSR count). The van der Waals surface area contributed by atoms with Crippen LogP contribution >= 0.6 is 0 Å². The summed E-state index contributed by atoms with van der Waals surface area (Å²) >= 11 is 0. The fourth-order valence-corrected chi connectivity index (χ4v) is 5.96. The van der Waals surface area contributed by atoms with Gasteiger partial charge in [-0.3, -0.25) is 14.5 Å². The second-order valence-electron chi connectivity index (χ2n) is 11.2. The standard InChI is InChI=1S/C33H35N5O4/c1-21-19-38(29(39)20-37-15-13-36(2)14-16-37)28-12-10-24(18-26(21)28)34-31(22-7-5-4-6-8-22)30-25-11-9-23(33(41)42-3)17-27(25)35-32(30)40/h4-12,17-18,21,34H,13-16,19-20H2,1-3H3,(H,35,40)/b31-30-. The number of nitrogens with one attached hydrogen (secondary N) is 2. The van der Waals surface area contributed by atoms with Gasteiger partial charge in [0.1, 0.15) is 0 Å². The molecule has 0 spiro atoms. The predicted molar refractivity (Wildman–Crippen MR) is 164 cm³/mol. The molecule has 0 radical (unpaired) electrons. The molecule has 0 bridgehead atoms. The molecule has 3 aliphatic heterocycles. The van der Waals surface area contributed by atoms with Crippen LogP contribution in [-0.4, -0.2) is 81.0 Å². The number of methoxy groups -OCH3 is 1. The van der Waals surface area contributed by atoms with Gasteiger partial charge in [0.15, 0.2) is 0 Å². The topological polar surface area (TPSA) is 94.2 Å². The van der Waals surface area contributed by atoms with Gasteiger partial charge in [-0.05, 0) is 48.5 Å². The van der Waals surface area contributed by atoms with Crippen molar-refractivity contribution < 1.29 is 19.1 Å². The summed E-state index contributed by atoms with van der Waals surface area (Å²) in [6, 6.07) is 20.8. The van der Waals surface area contributed by atoms with Crippen LogP contribution < -0.4 is 15.5 Å². The van der Waals surface area contributed by atoms with Crippen molar-refractivity contribution >= 4 is 46.1 Å². The molecule has 1 unspecified atom stereocenters. The van der Waals surface area contributed by atoms with Crippen molar-refractivity contribution in [3.8, 4) is 0 Å². The lowest BCUT2D eigenvalue weighted by molar-refractivity contribution is -0.120. The van der Waals surface area contributed by atoms with Crippen molar-refractivity contribution in [3.63, 3.8) is 0 Å². The Labute approximate surface area is 245 Å². The average molecular weight is 566 g/mol. The van der Waals surface area contributed by atoms with Crippen LogP contribution in [0.5, 0.6) is 0 Å². The molecule has 2 N–H and O–H groups in total. The van der Waals surface area contributed by atoms with Gasteiger partial charge < -0.3 is 25.2 Å². The first-order chi connectivity index (χ1) is 20.3. The number of hydrogen-bond donors (Lipinski definition) is 2. The monoisotopic (exact) mass is 565 g/mol. The van der Waals surface area contributed by atoms with Gasteiger partial charge in [-0.15, -0.1) is 0 Å². The van der Waals surface area contributed by atoms with Gasteiger partial charge in [0, 0.05) is 55.6 Å². The molecule has 0 aliphatic carbocycles. The van der Waals surface area contributed by atoms with Gasteiger partial charge in [0.25, 0.3) is 5.91 Å². The molecule has 1 saturated heterocycles. The Morgan fingerprint density at radius 2 is 1.74 bits per heavy atom. The number of ether oxygens (including phenoxy) is 1. The molecule has 9 nitrogen and oxygen atoms in total. The summed E-state index contributed by atoms with van der Waals surface area (Å²) in [4.78, 5) is 45.2. The fraction of sp³-hybridized carbons (Fsp3) is 0.303. The van der Waals surface area contributed by atoms with E-state index in [4.69, 9.17) is 4.74 Å². The number of hydrogen-bond acceptors (Lipinski definition) is 7. The Bertz CT molecular complexity index is 1580. The largest absolute Gasteiger partial charge is 0.465 e. The number of esters is 1. The first-order valence-corrected chi connectivity index (χ1v) is 14.3. The Morgan fingerprint density at radius 3 is 2.48 bits per heavy atom. The van der Waals surface area contributed by atoms with Crippen molar-refractivity contribution in [3.05, 3.63) is 89.0 Å². The summed E-state index contributed by atoms with van der Waals surface area (Å²) in [7, 11) is 3.44. The smallest absolute Gasteiger partial charge is 0.337 e. The molecule has 2 amide bonds. The maximum atomic E-state index is 13.3. The molecule has 3 aromatic carbocycles. The highest BCUT2D eigenvalue weighted by Crippen LogP contribution is 2.41. The Kier molecular flexibility index (Phi) is 7.53. The van der Waals surface area contributed by atoms with Crippen molar-refractivity contribution in [2.24, 2.45) is 0 Å². The van der Waals surface area contributed by atoms with E-state index in [0.29, 0.717) is 41.2 Å². The Hall–Kier alpha value is -4.47. The molecular formula is C33H35N5O4. The highest BCUT2D eigenvalue weighted by molar-refractivity contribution is 6.37. The van der Waals surface area contributed by atoms with Gasteiger partial charge in [-0.1, -0.05) is 43.3 Å². The van der Waals surface area contributed by atoms with Gasteiger partial charge >= 0.3 is 5.97 Å². The van der Waals surface area contributed by atoms with Crippen molar-refractivity contribution in [2.45, 2.75) is 12.8 Å². The van der Waals surface area contributed by atoms with E-state index in [0.717, 1.165) is 48.7 Å². The predicted octanol–water partition coefficient (Wildman–Crippen LogP) is 4.10. The number of fused-ring (bicyclic) bond motifs is 2. The Morgan fingerprint density at radius 1 is 0.976 bits per heavy atom. The summed E-state index contributed by atoms with van der Waals surface area (Å²) in [6.45, 7) is 6.97. The minimum absolute atomic E-state index is 0.128. The molecule has 9 heteroatoms. The van der Waals surface area contributed by atoms with E-state index >= 15 is 0 Å². The molecule has 1 atom stereocenters. The normalized spacial score (nSPS) is 19.6. The Balaban J connectivity index is 1.31. The first-order valence-electron chi connectivity index (χ1n) is 14.3. The SMILES string of the molecule is COC(=O)c1ccc2c(c1)NC(=O)/C2=C(\Nc1ccc2c(c1)C(C)CN2C(=O)CN1CCN(C)CC1)c1ccccc1. The van der Waals surface area contributed by atoms with Gasteiger partial charge in [0.05, 0.1) is 36.2 Å². The molecule has 1 fully saturated rings. The van der Waals surface area contributed by atoms with Gasteiger partial charge in [-0.2, -0.15) is 0 Å². The van der Waals surface area contributed by atoms with E-state index in [1.165, 1.54) is 7.11 Å². The second kappa shape index (κ2) is 11.4. The number of anilines is 3. The summed E-state index contributed by atoms with van der Waals surface area (Å²) < 4.78 is 4.85. The molecule has 216 valence electrons. The quantitative estimate of drug-likeness (QED) is 0.343. The average Bonchev–Trinajstić information content (AvgIpc) is 3.52. The van der Waals surface area contributed by atoms with E-state index in [-0.39, 0.29) is 17.7 Å². The summed E-state index contributed by atoms with van der Waals surface area (Å²) in [6.07, 6.45) is 0. The third kappa shape index (κ3) is 5.29. The maximum absolute atomic E-state index is 13.3. The zero-order valence-electron chi connectivity index (χ0n) is 24.1. The molecule has 42 heavy (non-hydrogen) atoms. The number of rotatable bonds is 6. The number of benzene rings is 3. The molecule has 3 aromatic rings. The van der Waals surface area contributed by atoms with E-state index in [2.05, 4.69) is 40.5 Å². The summed E-state index contributed by atoms with van der Waals surface area (Å²) in [5, 5.41) is 6.44. The van der Waals surface area contributed by atoms with Crippen molar-refractivity contribution in [1.29, 1.82) is 0 Å². The van der Waals surface area contributed by atoms with Crippen LogP contribution in [0, 0.1) is 0 Å². The molecule has 3 aliphatic rings. The second-order valence-corrected chi connectivity index (χ2v) is 11.2. The number of carbonyl (C=O) groups excluding carboxylic acids is 3. The molecule has 3 heterocycles. The van der Waals surface area contributed by atoms with Crippen LogP contribution in [0.4, 0.5) is 17.1 Å². The van der Waals surface area contributed by atoms with Crippen LogP contribution in [0.3, 0.4) is 0 Å². The number of piperazine rings is 1. The van der Waals surface area contributed by atoms with E-state index in [9.17, 15) is 14.4 Å².